The summed E-state index contributed by atoms with van der Waals surface area (Å²) in [5.74, 6) is 0.794. The van der Waals surface area contributed by atoms with E-state index >= 15 is 0 Å². The minimum Gasteiger partial charge on any atom is -0.465 e. The van der Waals surface area contributed by atoms with E-state index in [0.29, 0.717) is 23.6 Å². The Morgan fingerprint density at radius 2 is 1.84 bits per heavy atom. The van der Waals surface area contributed by atoms with Crippen LogP contribution in [-0.2, 0) is 16.6 Å². The summed E-state index contributed by atoms with van der Waals surface area (Å²) in [6.45, 7) is 9.01. The van der Waals surface area contributed by atoms with Gasteiger partial charge in [-0.1, -0.05) is 6.92 Å². The summed E-state index contributed by atoms with van der Waals surface area (Å²) in [6.07, 6.45) is 0.738. The maximum atomic E-state index is 12.7. The molecular formula is C13H23NO4S. The van der Waals surface area contributed by atoms with Crippen LogP contribution in [0.1, 0.15) is 44.3 Å². The lowest BCUT2D eigenvalue weighted by Gasteiger charge is -2.25. The Hall–Kier alpha value is -0.850. The number of aliphatic hydroxyl groups is 1. The average Bonchev–Trinajstić information content (AvgIpc) is 2.60. The summed E-state index contributed by atoms with van der Waals surface area (Å²) in [7, 11) is -3.64. The standard InChI is InChI=1S/C13H23NO4S/c1-6-7-14(9(2)3)19(16,17)13-11(5)18-10(4)12(13)8-15/h9,15H,6-8H2,1-5H3. The van der Waals surface area contributed by atoms with Crippen LogP contribution in [0.5, 0.6) is 0 Å². The Balaban J connectivity index is 3.41. The molecule has 0 atom stereocenters. The molecule has 1 rings (SSSR count). The van der Waals surface area contributed by atoms with Gasteiger partial charge in [0.2, 0.25) is 10.0 Å². The van der Waals surface area contributed by atoms with Gasteiger partial charge in [0.05, 0.1) is 6.61 Å². The molecule has 0 aliphatic heterocycles. The molecule has 1 aromatic rings. The topological polar surface area (TPSA) is 70.8 Å². The number of aliphatic hydroxyl groups excluding tert-OH is 1. The van der Waals surface area contributed by atoms with Gasteiger partial charge in [-0.25, -0.2) is 8.42 Å². The third-order valence-electron chi connectivity index (χ3n) is 3.07. The van der Waals surface area contributed by atoms with E-state index in [4.69, 9.17) is 4.42 Å². The van der Waals surface area contributed by atoms with Crippen LogP contribution in [0.15, 0.2) is 9.31 Å². The maximum absolute atomic E-state index is 12.7. The predicted molar refractivity (Wildman–Crippen MR) is 73.4 cm³/mol. The van der Waals surface area contributed by atoms with Crippen LogP contribution >= 0.6 is 0 Å². The van der Waals surface area contributed by atoms with E-state index in [1.165, 1.54) is 4.31 Å². The smallest absolute Gasteiger partial charge is 0.247 e. The van der Waals surface area contributed by atoms with Gasteiger partial charge in [0, 0.05) is 18.2 Å². The summed E-state index contributed by atoms with van der Waals surface area (Å²) >= 11 is 0. The molecule has 19 heavy (non-hydrogen) atoms. The normalized spacial score (nSPS) is 12.6. The van der Waals surface area contributed by atoms with Gasteiger partial charge in [-0.15, -0.1) is 0 Å². The van der Waals surface area contributed by atoms with Gasteiger partial charge in [0.1, 0.15) is 16.4 Å². The fraction of sp³-hybridized carbons (Fsp3) is 0.692. The Kier molecular flexibility index (Phi) is 5.18. The van der Waals surface area contributed by atoms with Crippen molar-refractivity contribution in [3.05, 3.63) is 17.1 Å². The van der Waals surface area contributed by atoms with E-state index in [2.05, 4.69) is 0 Å². The summed E-state index contributed by atoms with van der Waals surface area (Å²) in [5.41, 5.74) is 0.360. The molecule has 0 bridgehead atoms. The lowest BCUT2D eigenvalue weighted by Crippen LogP contribution is -2.38. The SMILES string of the molecule is CCCN(C(C)C)S(=O)(=O)c1c(C)oc(C)c1CO. The Bertz CT molecular complexity index is 531. The van der Waals surface area contributed by atoms with Gasteiger partial charge >= 0.3 is 0 Å². The third kappa shape index (κ3) is 3.01. The number of hydrogen-bond acceptors (Lipinski definition) is 4. The average molecular weight is 289 g/mol. The summed E-state index contributed by atoms with van der Waals surface area (Å²) in [4.78, 5) is 0.120. The number of furan rings is 1. The number of rotatable bonds is 6. The van der Waals surface area contributed by atoms with Crippen LogP contribution in [0.3, 0.4) is 0 Å². The molecule has 0 radical (unpaired) electrons. The van der Waals surface area contributed by atoms with Crippen molar-refractivity contribution in [1.82, 2.24) is 4.31 Å². The molecular weight excluding hydrogens is 266 g/mol. The molecule has 0 fully saturated rings. The molecule has 0 unspecified atom stereocenters. The van der Waals surface area contributed by atoms with E-state index in [1.807, 2.05) is 20.8 Å². The van der Waals surface area contributed by atoms with E-state index in [1.54, 1.807) is 13.8 Å². The molecule has 0 aliphatic carbocycles. The Morgan fingerprint density at radius 1 is 1.26 bits per heavy atom. The van der Waals surface area contributed by atoms with Crippen LogP contribution in [0.25, 0.3) is 0 Å². The second kappa shape index (κ2) is 6.07. The molecule has 110 valence electrons. The van der Waals surface area contributed by atoms with Gasteiger partial charge in [-0.2, -0.15) is 4.31 Å². The highest BCUT2D eigenvalue weighted by molar-refractivity contribution is 7.89. The highest BCUT2D eigenvalue weighted by Crippen LogP contribution is 2.30. The quantitative estimate of drug-likeness (QED) is 0.871. The lowest BCUT2D eigenvalue weighted by molar-refractivity contribution is 0.275. The molecule has 6 heteroatoms. The first-order valence-corrected chi connectivity index (χ1v) is 7.92. The number of nitrogens with zero attached hydrogens (tertiary/aromatic N) is 1. The van der Waals surface area contributed by atoms with Gasteiger partial charge in [-0.05, 0) is 34.1 Å². The first-order valence-electron chi connectivity index (χ1n) is 6.48. The van der Waals surface area contributed by atoms with Crippen molar-refractivity contribution in [3.8, 4) is 0 Å². The van der Waals surface area contributed by atoms with Crippen LogP contribution in [-0.4, -0.2) is 30.4 Å². The summed E-state index contributed by atoms with van der Waals surface area (Å²) < 4.78 is 32.3. The van der Waals surface area contributed by atoms with Gasteiger partial charge < -0.3 is 9.52 Å². The van der Waals surface area contributed by atoms with E-state index in [-0.39, 0.29) is 17.5 Å². The van der Waals surface area contributed by atoms with Crippen molar-refractivity contribution in [3.63, 3.8) is 0 Å². The summed E-state index contributed by atoms with van der Waals surface area (Å²) in [6, 6.07) is -0.133. The van der Waals surface area contributed by atoms with Crippen molar-refractivity contribution in [1.29, 1.82) is 0 Å². The van der Waals surface area contributed by atoms with Crippen molar-refractivity contribution in [2.45, 2.75) is 58.6 Å². The van der Waals surface area contributed by atoms with Crippen LogP contribution in [0.2, 0.25) is 0 Å². The fourth-order valence-electron chi connectivity index (χ4n) is 2.22. The second-order valence-corrected chi connectivity index (χ2v) is 6.72. The van der Waals surface area contributed by atoms with E-state index < -0.39 is 10.0 Å². The molecule has 1 aromatic heterocycles. The molecule has 0 saturated heterocycles. The molecule has 0 saturated carbocycles. The monoisotopic (exact) mass is 289 g/mol. The van der Waals surface area contributed by atoms with E-state index in [0.717, 1.165) is 6.42 Å². The minimum atomic E-state index is -3.64. The van der Waals surface area contributed by atoms with Crippen LogP contribution < -0.4 is 0 Å². The van der Waals surface area contributed by atoms with Crippen LogP contribution in [0.4, 0.5) is 0 Å². The largest absolute Gasteiger partial charge is 0.465 e. The van der Waals surface area contributed by atoms with Crippen molar-refractivity contribution < 1.29 is 17.9 Å². The molecule has 1 heterocycles. The highest BCUT2D eigenvalue weighted by atomic mass is 32.2. The number of sulfonamides is 1. The fourth-order valence-corrected chi connectivity index (χ4v) is 4.36. The Morgan fingerprint density at radius 3 is 2.26 bits per heavy atom. The number of hydrogen-bond donors (Lipinski definition) is 1. The molecule has 1 N–H and O–H groups in total. The second-order valence-electron chi connectivity index (χ2n) is 4.89. The highest BCUT2D eigenvalue weighted by Gasteiger charge is 2.33. The van der Waals surface area contributed by atoms with Crippen molar-refractivity contribution >= 4 is 10.0 Å². The van der Waals surface area contributed by atoms with Crippen molar-refractivity contribution in [2.75, 3.05) is 6.54 Å². The minimum absolute atomic E-state index is 0.120. The molecule has 0 aromatic carbocycles. The molecule has 0 spiro atoms. The predicted octanol–water partition coefficient (Wildman–Crippen LogP) is 2.20. The molecule has 0 aliphatic rings. The van der Waals surface area contributed by atoms with Crippen LogP contribution in [0, 0.1) is 13.8 Å². The van der Waals surface area contributed by atoms with E-state index in [9.17, 15) is 13.5 Å². The summed E-state index contributed by atoms with van der Waals surface area (Å²) in [5, 5.41) is 9.38. The zero-order valence-electron chi connectivity index (χ0n) is 12.2. The first kappa shape index (κ1) is 16.2. The maximum Gasteiger partial charge on any atom is 0.247 e. The van der Waals surface area contributed by atoms with Crippen molar-refractivity contribution in [2.24, 2.45) is 0 Å². The van der Waals surface area contributed by atoms with Gasteiger partial charge in [0.15, 0.2) is 0 Å². The van der Waals surface area contributed by atoms with Gasteiger partial charge in [-0.3, -0.25) is 0 Å². The number of aryl methyl sites for hydroxylation is 2. The zero-order chi connectivity index (χ0) is 14.8. The lowest BCUT2D eigenvalue weighted by atomic mass is 10.2. The first-order chi connectivity index (χ1) is 8.77. The molecule has 5 nitrogen and oxygen atoms in total. The Labute approximate surface area is 115 Å². The third-order valence-corrected chi connectivity index (χ3v) is 5.34. The molecule has 0 amide bonds. The van der Waals surface area contributed by atoms with Gasteiger partial charge in [0.25, 0.3) is 0 Å². The zero-order valence-corrected chi connectivity index (χ0v) is 13.0.